The van der Waals surface area contributed by atoms with Gasteiger partial charge in [0, 0.05) is 43.5 Å². The van der Waals surface area contributed by atoms with Crippen LogP contribution in [-0.4, -0.2) is 73.5 Å². The summed E-state index contributed by atoms with van der Waals surface area (Å²) in [6.45, 7) is 14.7. The molecule has 32 heavy (non-hydrogen) atoms. The minimum atomic E-state index is -0.575. The molecule has 0 radical (unpaired) electrons. The maximum Gasteiger partial charge on any atom is 0.321 e. The molecule has 0 aliphatic carbocycles. The Morgan fingerprint density at radius 1 is 1.28 bits per heavy atom. The Kier molecular flexibility index (Phi) is 5.77. The number of hydrogen-bond acceptors (Lipinski definition) is 5. The SMILES string of the molecule is C=CCN1C[C@@H](C)N(C(=O)N2Cc3c(NC(=O)c4ccccn4)n[nH]c3C2(C)C)C[C@@H]1C. The molecule has 0 unspecified atom stereocenters. The molecular weight excluding hydrogens is 406 g/mol. The van der Waals surface area contributed by atoms with Crippen LogP contribution in [0.3, 0.4) is 0 Å². The summed E-state index contributed by atoms with van der Waals surface area (Å²) in [6, 6.07) is 5.52. The highest BCUT2D eigenvalue weighted by Crippen LogP contribution is 2.41. The lowest BCUT2D eigenvalue weighted by atomic mass is 10.0. The first-order chi connectivity index (χ1) is 15.2. The highest BCUT2D eigenvalue weighted by Gasteiger charge is 2.46. The summed E-state index contributed by atoms with van der Waals surface area (Å²) in [5.41, 5.74) is 1.41. The van der Waals surface area contributed by atoms with Crippen LogP contribution in [0.1, 0.15) is 49.4 Å². The molecule has 0 aromatic carbocycles. The predicted octanol–water partition coefficient (Wildman–Crippen LogP) is 2.81. The Balaban J connectivity index is 1.52. The number of aromatic amines is 1. The Labute approximate surface area is 188 Å². The van der Waals surface area contributed by atoms with Gasteiger partial charge in [0.1, 0.15) is 5.69 Å². The minimum absolute atomic E-state index is 0.000736. The van der Waals surface area contributed by atoms with Gasteiger partial charge < -0.3 is 15.1 Å². The van der Waals surface area contributed by atoms with E-state index in [9.17, 15) is 9.59 Å². The van der Waals surface area contributed by atoms with Crippen LogP contribution in [0.2, 0.25) is 0 Å². The number of hydrogen-bond donors (Lipinski definition) is 2. The standard InChI is InChI=1S/C23H31N7O2/c1-6-11-28-12-16(3)29(13-15(28)2)22(32)30-14-17-19(23(30,4)5)26-27-20(17)25-21(31)18-9-7-8-10-24-18/h6-10,15-16H,1,11-14H2,2-5H3,(H2,25,26,27,31)/t15-,16+/m0/s1. The Hall–Kier alpha value is -3.20. The number of nitrogens with one attached hydrogen (secondary N) is 2. The minimum Gasteiger partial charge on any atom is -0.319 e. The molecule has 2 aromatic heterocycles. The number of piperazine rings is 1. The van der Waals surface area contributed by atoms with E-state index >= 15 is 0 Å². The molecule has 4 rings (SSSR count). The number of carbonyl (C=O) groups excluding carboxylic acids is 2. The average Bonchev–Trinajstić information content (AvgIpc) is 3.29. The number of anilines is 1. The maximum atomic E-state index is 13.6. The van der Waals surface area contributed by atoms with E-state index in [0.29, 0.717) is 24.6 Å². The van der Waals surface area contributed by atoms with Gasteiger partial charge in [0.2, 0.25) is 0 Å². The van der Waals surface area contributed by atoms with E-state index in [1.54, 1.807) is 24.4 Å². The predicted molar refractivity (Wildman–Crippen MR) is 122 cm³/mol. The van der Waals surface area contributed by atoms with Crippen molar-refractivity contribution in [1.29, 1.82) is 0 Å². The monoisotopic (exact) mass is 437 g/mol. The second kappa shape index (κ2) is 8.38. The normalized spacial score (nSPS) is 22.5. The van der Waals surface area contributed by atoms with Crippen LogP contribution in [-0.2, 0) is 12.1 Å². The number of pyridine rings is 1. The van der Waals surface area contributed by atoms with Crippen molar-refractivity contribution in [3.63, 3.8) is 0 Å². The molecule has 0 saturated carbocycles. The summed E-state index contributed by atoms with van der Waals surface area (Å²) in [7, 11) is 0. The second-order valence-electron chi connectivity index (χ2n) is 9.12. The molecule has 0 bridgehead atoms. The largest absolute Gasteiger partial charge is 0.321 e. The van der Waals surface area contributed by atoms with Crippen molar-refractivity contribution in [3.05, 3.63) is 54.0 Å². The Bertz CT molecular complexity index is 1020. The molecule has 4 heterocycles. The molecule has 9 nitrogen and oxygen atoms in total. The summed E-state index contributed by atoms with van der Waals surface area (Å²) in [5, 5.41) is 10.2. The zero-order valence-electron chi connectivity index (χ0n) is 19.1. The Morgan fingerprint density at radius 2 is 2.06 bits per heavy atom. The van der Waals surface area contributed by atoms with E-state index in [1.165, 1.54) is 0 Å². The van der Waals surface area contributed by atoms with Crippen molar-refractivity contribution >= 4 is 17.8 Å². The van der Waals surface area contributed by atoms with Crippen LogP contribution in [0, 0.1) is 0 Å². The number of nitrogens with zero attached hydrogens (tertiary/aromatic N) is 5. The van der Waals surface area contributed by atoms with E-state index in [2.05, 4.69) is 45.8 Å². The number of rotatable bonds is 4. The van der Waals surface area contributed by atoms with Gasteiger partial charge in [0.15, 0.2) is 5.82 Å². The molecule has 0 spiro atoms. The number of aromatic nitrogens is 3. The summed E-state index contributed by atoms with van der Waals surface area (Å²) in [5.74, 6) is 0.111. The highest BCUT2D eigenvalue weighted by molar-refractivity contribution is 6.02. The van der Waals surface area contributed by atoms with Crippen molar-refractivity contribution in [2.75, 3.05) is 25.0 Å². The summed E-state index contributed by atoms with van der Waals surface area (Å²) in [6.07, 6.45) is 3.48. The fourth-order valence-corrected chi connectivity index (χ4v) is 4.63. The third-order valence-electron chi connectivity index (χ3n) is 6.55. The van der Waals surface area contributed by atoms with Gasteiger partial charge in [0.25, 0.3) is 5.91 Å². The molecule has 2 atom stereocenters. The van der Waals surface area contributed by atoms with Gasteiger partial charge in [-0.1, -0.05) is 12.1 Å². The first kappa shape index (κ1) is 22.0. The van der Waals surface area contributed by atoms with Crippen LogP contribution in [0.4, 0.5) is 10.6 Å². The summed E-state index contributed by atoms with van der Waals surface area (Å²) < 4.78 is 0. The lowest BCUT2D eigenvalue weighted by molar-refractivity contribution is 0.0399. The zero-order valence-corrected chi connectivity index (χ0v) is 19.1. The van der Waals surface area contributed by atoms with Gasteiger partial charge in [-0.2, -0.15) is 5.10 Å². The lowest BCUT2D eigenvalue weighted by Crippen LogP contribution is -2.61. The van der Waals surface area contributed by atoms with Gasteiger partial charge in [-0.05, 0) is 39.8 Å². The molecule has 2 aliphatic heterocycles. The maximum absolute atomic E-state index is 13.6. The third-order valence-corrected chi connectivity index (χ3v) is 6.55. The van der Waals surface area contributed by atoms with Crippen LogP contribution >= 0.6 is 0 Å². The number of fused-ring (bicyclic) bond motifs is 1. The summed E-state index contributed by atoms with van der Waals surface area (Å²) in [4.78, 5) is 36.5. The molecule has 2 aromatic rings. The number of urea groups is 1. The van der Waals surface area contributed by atoms with Gasteiger partial charge in [-0.25, -0.2) is 4.79 Å². The van der Waals surface area contributed by atoms with E-state index in [-0.39, 0.29) is 24.0 Å². The molecule has 1 saturated heterocycles. The lowest BCUT2D eigenvalue weighted by Gasteiger charge is -2.46. The van der Waals surface area contributed by atoms with Gasteiger partial charge in [0.05, 0.1) is 17.8 Å². The molecule has 2 aliphatic rings. The van der Waals surface area contributed by atoms with Crippen molar-refractivity contribution in [1.82, 2.24) is 29.9 Å². The number of carbonyl (C=O) groups is 2. The average molecular weight is 438 g/mol. The number of amides is 3. The summed E-state index contributed by atoms with van der Waals surface area (Å²) >= 11 is 0. The first-order valence-electron chi connectivity index (χ1n) is 11.0. The topological polar surface area (TPSA) is 97.5 Å². The first-order valence-corrected chi connectivity index (χ1v) is 11.0. The molecule has 9 heteroatoms. The van der Waals surface area contributed by atoms with E-state index in [0.717, 1.165) is 24.3 Å². The van der Waals surface area contributed by atoms with Crippen molar-refractivity contribution in [2.45, 2.75) is 51.9 Å². The quantitative estimate of drug-likeness (QED) is 0.717. The number of H-pyrrole nitrogens is 1. The fourth-order valence-electron chi connectivity index (χ4n) is 4.63. The second-order valence-corrected chi connectivity index (χ2v) is 9.12. The van der Waals surface area contributed by atoms with E-state index in [1.807, 2.05) is 29.7 Å². The van der Waals surface area contributed by atoms with Crippen LogP contribution in [0.25, 0.3) is 0 Å². The van der Waals surface area contributed by atoms with E-state index < -0.39 is 5.54 Å². The molecule has 1 fully saturated rings. The smallest absolute Gasteiger partial charge is 0.319 e. The van der Waals surface area contributed by atoms with Crippen molar-refractivity contribution in [2.24, 2.45) is 0 Å². The highest BCUT2D eigenvalue weighted by atomic mass is 16.2. The molecule has 2 N–H and O–H groups in total. The third kappa shape index (κ3) is 3.77. The fraction of sp³-hybridized carbons (Fsp3) is 0.478. The molecule has 170 valence electrons. The Morgan fingerprint density at radius 3 is 2.75 bits per heavy atom. The van der Waals surface area contributed by atoms with Crippen LogP contribution < -0.4 is 5.32 Å². The van der Waals surface area contributed by atoms with Crippen LogP contribution in [0.15, 0.2) is 37.1 Å². The zero-order chi connectivity index (χ0) is 23.0. The molecular formula is C23H31N7O2. The van der Waals surface area contributed by atoms with Gasteiger partial charge in [-0.15, -0.1) is 6.58 Å². The van der Waals surface area contributed by atoms with Gasteiger partial charge in [-0.3, -0.25) is 19.8 Å². The van der Waals surface area contributed by atoms with Crippen molar-refractivity contribution < 1.29 is 9.59 Å². The van der Waals surface area contributed by atoms with Crippen molar-refractivity contribution in [3.8, 4) is 0 Å². The van der Waals surface area contributed by atoms with E-state index in [4.69, 9.17) is 0 Å². The van der Waals surface area contributed by atoms with Crippen LogP contribution in [0.5, 0.6) is 0 Å². The van der Waals surface area contributed by atoms with Gasteiger partial charge >= 0.3 is 6.03 Å². The molecule has 3 amide bonds.